The average molecular weight is 380 g/mol. The summed E-state index contributed by atoms with van der Waals surface area (Å²) in [4.78, 5) is 21.1. The second kappa shape index (κ2) is 7.05. The number of carbonyl (C=O) groups is 1. The summed E-state index contributed by atoms with van der Waals surface area (Å²) in [6, 6.07) is 12.1. The summed E-state index contributed by atoms with van der Waals surface area (Å²) in [5, 5.41) is 7.73. The molecule has 1 aromatic carbocycles. The number of halogens is 1. The Labute approximate surface area is 159 Å². The molecule has 0 aliphatic heterocycles. The number of hydrogen-bond donors (Lipinski definition) is 1. The highest BCUT2D eigenvalue weighted by Crippen LogP contribution is 2.23. The molecule has 1 N–H and O–H groups in total. The number of benzene rings is 1. The van der Waals surface area contributed by atoms with Crippen LogP contribution in [0.4, 0.5) is 5.69 Å². The zero-order valence-corrected chi connectivity index (χ0v) is 15.0. The lowest BCUT2D eigenvalue weighted by molar-refractivity contribution is 0.102. The molecule has 0 saturated heterocycles. The number of nitrogens with zero attached hydrogens (tertiary/aromatic N) is 4. The third kappa shape index (κ3) is 3.58. The van der Waals surface area contributed by atoms with Gasteiger partial charge < -0.3 is 10.1 Å². The van der Waals surface area contributed by atoms with Gasteiger partial charge in [0.2, 0.25) is 5.88 Å². The highest BCUT2D eigenvalue weighted by Gasteiger charge is 2.18. The Morgan fingerprint density at radius 3 is 2.70 bits per heavy atom. The van der Waals surface area contributed by atoms with Gasteiger partial charge in [-0.1, -0.05) is 11.6 Å². The van der Waals surface area contributed by atoms with Crippen molar-refractivity contribution in [1.29, 1.82) is 0 Å². The van der Waals surface area contributed by atoms with Crippen LogP contribution in [0, 0.1) is 6.92 Å². The molecule has 0 bridgehead atoms. The first kappa shape index (κ1) is 17.0. The van der Waals surface area contributed by atoms with Crippen LogP contribution in [0.25, 0.3) is 5.65 Å². The zero-order chi connectivity index (χ0) is 18.8. The number of hydrogen-bond acceptors (Lipinski definition) is 5. The molecular formula is C19H14ClN5O2. The van der Waals surface area contributed by atoms with E-state index in [2.05, 4.69) is 20.4 Å². The minimum absolute atomic E-state index is 0.297. The molecule has 27 heavy (non-hydrogen) atoms. The summed E-state index contributed by atoms with van der Waals surface area (Å²) in [6.07, 6.45) is 4.89. The lowest BCUT2D eigenvalue weighted by Crippen LogP contribution is -2.13. The first-order chi connectivity index (χ1) is 13.1. The number of fused-ring (bicyclic) bond motifs is 1. The summed E-state index contributed by atoms with van der Waals surface area (Å²) >= 11 is 5.85. The van der Waals surface area contributed by atoms with E-state index >= 15 is 0 Å². The standard InChI is InChI=1S/C19H14ClN5O2/c1-12-17(18-21-9-2-10-25(18)24-12)19(26)23-14-5-8-16(22-11-14)27-15-6-3-13(20)4-7-15/h2-11H,1H3,(H,23,26). The number of pyridine rings is 1. The van der Waals surface area contributed by atoms with Crippen LogP contribution in [0.15, 0.2) is 61.1 Å². The van der Waals surface area contributed by atoms with Crippen molar-refractivity contribution in [1.82, 2.24) is 19.6 Å². The number of carbonyl (C=O) groups excluding carboxylic acids is 1. The van der Waals surface area contributed by atoms with E-state index < -0.39 is 0 Å². The maximum Gasteiger partial charge on any atom is 0.261 e. The van der Waals surface area contributed by atoms with E-state index in [0.717, 1.165) is 0 Å². The molecule has 0 fully saturated rings. The van der Waals surface area contributed by atoms with Gasteiger partial charge in [-0.15, -0.1) is 0 Å². The van der Waals surface area contributed by atoms with Crippen molar-refractivity contribution in [3.05, 3.63) is 77.3 Å². The van der Waals surface area contributed by atoms with Gasteiger partial charge >= 0.3 is 0 Å². The first-order valence-corrected chi connectivity index (χ1v) is 8.49. The predicted octanol–water partition coefficient (Wildman–Crippen LogP) is 4.13. The second-order valence-electron chi connectivity index (χ2n) is 5.74. The SMILES string of the molecule is Cc1nn2cccnc2c1C(=O)Nc1ccc(Oc2ccc(Cl)cc2)nc1. The van der Waals surface area contributed by atoms with E-state index in [1.807, 2.05) is 0 Å². The molecule has 0 spiro atoms. The second-order valence-corrected chi connectivity index (χ2v) is 6.18. The van der Waals surface area contributed by atoms with Crippen molar-refractivity contribution in [3.8, 4) is 11.6 Å². The smallest absolute Gasteiger partial charge is 0.261 e. The Morgan fingerprint density at radius 2 is 1.96 bits per heavy atom. The third-order valence-electron chi connectivity index (χ3n) is 3.83. The van der Waals surface area contributed by atoms with Crippen LogP contribution in [0.3, 0.4) is 0 Å². The Kier molecular flexibility index (Phi) is 4.43. The molecule has 7 nitrogen and oxygen atoms in total. The summed E-state index contributed by atoms with van der Waals surface area (Å²) < 4.78 is 7.21. The molecule has 3 heterocycles. The number of aryl methyl sites for hydroxylation is 1. The molecule has 1 amide bonds. The molecule has 0 radical (unpaired) electrons. The van der Waals surface area contributed by atoms with Gasteiger partial charge in [-0.2, -0.15) is 5.10 Å². The minimum Gasteiger partial charge on any atom is -0.439 e. The maximum atomic E-state index is 12.6. The highest BCUT2D eigenvalue weighted by molar-refractivity contribution is 6.30. The van der Waals surface area contributed by atoms with E-state index in [1.165, 1.54) is 6.20 Å². The van der Waals surface area contributed by atoms with Crippen molar-refractivity contribution in [2.24, 2.45) is 0 Å². The number of amides is 1. The molecule has 0 unspecified atom stereocenters. The molecule has 134 valence electrons. The Morgan fingerprint density at radius 1 is 1.15 bits per heavy atom. The fourth-order valence-corrected chi connectivity index (χ4v) is 2.72. The monoisotopic (exact) mass is 379 g/mol. The predicted molar refractivity (Wildman–Crippen MR) is 101 cm³/mol. The summed E-state index contributed by atoms with van der Waals surface area (Å²) in [7, 11) is 0. The largest absolute Gasteiger partial charge is 0.439 e. The van der Waals surface area contributed by atoms with Crippen LogP contribution in [-0.4, -0.2) is 25.5 Å². The van der Waals surface area contributed by atoms with Gasteiger partial charge in [0.1, 0.15) is 11.3 Å². The highest BCUT2D eigenvalue weighted by atomic mass is 35.5. The van der Waals surface area contributed by atoms with Gasteiger partial charge in [-0.25, -0.2) is 14.5 Å². The molecule has 0 aliphatic carbocycles. The van der Waals surface area contributed by atoms with Crippen molar-refractivity contribution >= 4 is 28.8 Å². The molecule has 8 heteroatoms. The Balaban J connectivity index is 1.50. The van der Waals surface area contributed by atoms with Gasteiger partial charge in [0.15, 0.2) is 5.65 Å². The van der Waals surface area contributed by atoms with Crippen molar-refractivity contribution in [2.45, 2.75) is 6.92 Å². The molecule has 4 rings (SSSR count). The molecule has 0 saturated carbocycles. The number of nitrogens with one attached hydrogen (secondary N) is 1. The van der Waals surface area contributed by atoms with E-state index in [9.17, 15) is 4.79 Å². The van der Waals surface area contributed by atoms with Crippen LogP contribution in [-0.2, 0) is 0 Å². The van der Waals surface area contributed by atoms with Gasteiger partial charge in [-0.3, -0.25) is 4.79 Å². The van der Waals surface area contributed by atoms with E-state index in [1.54, 1.807) is 66.3 Å². The fourth-order valence-electron chi connectivity index (χ4n) is 2.59. The molecule has 0 aliphatic rings. The lowest BCUT2D eigenvalue weighted by Gasteiger charge is -2.07. The fraction of sp³-hybridized carbons (Fsp3) is 0.0526. The summed E-state index contributed by atoms with van der Waals surface area (Å²) in [5.74, 6) is 0.732. The normalized spacial score (nSPS) is 10.7. The van der Waals surface area contributed by atoms with Gasteiger partial charge in [0.25, 0.3) is 5.91 Å². The molecule has 0 atom stereocenters. The third-order valence-corrected chi connectivity index (χ3v) is 4.08. The zero-order valence-electron chi connectivity index (χ0n) is 14.3. The van der Waals surface area contributed by atoms with Crippen LogP contribution in [0.1, 0.15) is 16.1 Å². The number of aromatic nitrogens is 4. The van der Waals surface area contributed by atoms with Crippen LogP contribution in [0.5, 0.6) is 11.6 Å². The van der Waals surface area contributed by atoms with E-state index in [-0.39, 0.29) is 5.91 Å². The molecular weight excluding hydrogens is 366 g/mol. The van der Waals surface area contributed by atoms with Crippen molar-refractivity contribution < 1.29 is 9.53 Å². The first-order valence-electron chi connectivity index (χ1n) is 8.11. The Hall–Kier alpha value is -3.45. The van der Waals surface area contributed by atoms with Gasteiger partial charge in [0.05, 0.1) is 17.6 Å². The average Bonchev–Trinajstić information content (AvgIpc) is 3.01. The van der Waals surface area contributed by atoms with E-state index in [4.69, 9.17) is 16.3 Å². The van der Waals surface area contributed by atoms with Crippen molar-refractivity contribution in [2.75, 3.05) is 5.32 Å². The number of ether oxygens (including phenoxy) is 1. The van der Waals surface area contributed by atoms with Gasteiger partial charge in [-0.05, 0) is 43.3 Å². The number of anilines is 1. The maximum absolute atomic E-state index is 12.6. The van der Waals surface area contributed by atoms with Gasteiger partial charge in [0, 0.05) is 23.5 Å². The lowest BCUT2D eigenvalue weighted by atomic mass is 10.2. The van der Waals surface area contributed by atoms with Crippen LogP contribution < -0.4 is 10.1 Å². The molecule has 3 aromatic heterocycles. The van der Waals surface area contributed by atoms with E-state index in [0.29, 0.717) is 39.2 Å². The summed E-state index contributed by atoms with van der Waals surface area (Å²) in [6.45, 7) is 1.77. The minimum atomic E-state index is -0.297. The summed E-state index contributed by atoms with van der Waals surface area (Å²) in [5.41, 5.74) is 2.07. The molecule has 4 aromatic rings. The Bertz CT molecular complexity index is 1110. The van der Waals surface area contributed by atoms with Crippen LogP contribution >= 0.6 is 11.6 Å². The topological polar surface area (TPSA) is 81.4 Å². The number of rotatable bonds is 4. The van der Waals surface area contributed by atoms with Crippen LogP contribution in [0.2, 0.25) is 5.02 Å². The van der Waals surface area contributed by atoms with Crippen molar-refractivity contribution in [3.63, 3.8) is 0 Å². The quantitative estimate of drug-likeness (QED) is 0.576.